The molecule has 0 saturated heterocycles. The third-order valence-corrected chi connectivity index (χ3v) is 5.57. The number of carbonyl (C=O) groups is 1. The summed E-state index contributed by atoms with van der Waals surface area (Å²) in [4.78, 5) is 12.9. The number of aliphatic hydroxyl groups is 1. The van der Waals surface area contributed by atoms with E-state index in [1.54, 1.807) is 13.2 Å². The first-order valence-corrected chi connectivity index (χ1v) is 11.9. The first-order chi connectivity index (χ1) is 15.3. The molecule has 0 spiro atoms. The Hall–Kier alpha value is -1.09. The highest BCUT2D eigenvalue weighted by Gasteiger charge is 2.23. The molecule has 0 heterocycles. The molecule has 200 valence electrons. The van der Waals surface area contributed by atoms with Crippen LogP contribution in [0.15, 0.2) is 24.3 Å². The Kier molecular flexibility index (Phi) is 20.8. The van der Waals surface area contributed by atoms with Gasteiger partial charge in [-0.2, -0.15) is 0 Å². The normalized spacial score (nSPS) is 13.6. The van der Waals surface area contributed by atoms with Gasteiger partial charge in [-0.3, -0.25) is 4.79 Å². The van der Waals surface area contributed by atoms with Crippen LogP contribution in [0, 0.1) is 17.8 Å². The largest absolute Gasteiger partial charge is 0.493 e. The molecule has 0 aliphatic carbocycles. The molecular formula is C25H47Cl2N3O4. The van der Waals surface area contributed by atoms with Crippen LogP contribution in [-0.4, -0.2) is 63.1 Å². The van der Waals surface area contributed by atoms with Crippen molar-refractivity contribution in [1.29, 1.82) is 0 Å². The Labute approximate surface area is 218 Å². The lowest BCUT2D eigenvalue weighted by Crippen LogP contribution is -2.45. The van der Waals surface area contributed by atoms with E-state index in [0.717, 1.165) is 19.4 Å². The number of hydrogen-bond donors (Lipinski definition) is 4. The zero-order valence-electron chi connectivity index (χ0n) is 21.4. The monoisotopic (exact) mass is 523 g/mol. The maximum absolute atomic E-state index is 12.9. The second-order valence-corrected chi connectivity index (χ2v) is 9.28. The van der Waals surface area contributed by atoms with Crippen molar-refractivity contribution in [1.82, 2.24) is 10.6 Å². The summed E-state index contributed by atoms with van der Waals surface area (Å²) in [6, 6.07) is 6.96. The van der Waals surface area contributed by atoms with Crippen LogP contribution in [-0.2, 0) is 4.74 Å². The Bertz CT molecular complexity index is 650. The lowest BCUT2D eigenvalue weighted by atomic mass is 9.87. The highest BCUT2D eigenvalue weighted by atomic mass is 35.5. The fraction of sp³-hybridized carbons (Fsp3) is 0.720. The van der Waals surface area contributed by atoms with Crippen LogP contribution in [0.25, 0.3) is 0 Å². The summed E-state index contributed by atoms with van der Waals surface area (Å²) in [5, 5.41) is 16.7. The maximum Gasteiger partial charge on any atom is 0.255 e. The molecule has 9 heteroatoms. The van der Waals surface area contributed by atoms with Gasteiger partial charge >= 0.3 is 0 Å². The van der Waals surface area contributed by atoms with E-state index in [4.69, 9.17) is 15.2 Å². The number of carbonyl (C=O) groups excluding carboxylic acids is 1. The zero-order valence-corrected chi connectivity index (χ0v) is 23.1. The van der Waals surface area contributed by atoms with Crippen LogP contribution in [0.3, 0.4) is 0 Å². The van der Waals surface area contributed by atoms with Gasteiger partial charge in [-0.25, -0.2) is 0 Å². The summed E-state index contributed by atoms with van der Waals surface area (Å²) in [6.45, 7) is 11.6. The molecular weight excluding hydrogens is 477 g/mol. The third kappa shape index (κ3) is 14.3. The Balaban J connectivity index is 0. The van der Waals surface area contributed by atoms with Gasteiger partial charge < -0.3 is 30.9 Å². The van der Waals surface area contributed by atoms with Gasteiger partial charge in [0.05, 0.1) is 18.3 Å². The van der Waals surface area contributed by atoms with Gasteiger partial charge in [0.1, 0.15) is 5.75 Å². The number of ether oxygens (including phenoxy) is 2. The number of methoxy groups -OCH3 is 1. The van der Waals surface area contributed by atoms with E-state index in [2.05, 4.69) is 38.3 Å². The van der Waals surface area contributed by atoms with Crippen molar-refractivity contribution in [3.63, 3.8) is 0 Å². The van der Waals surface area contributed by atoms with Gasteiger partial charge in [0.15, 0.2) is 0 Å². The summed E-state index contributed by atoms with van der Waals surface area (Å²) in [7, 11) is 1.68. The van der Waals surface area contributed by atoms with Crippen LogP contribution in [0.4, 0.5) is 0 Å². The summed E-state index contributed by atoms with van der Waals surface area (Å²) < 4.78 is 10.9. The number of para-hydroxylation sites is 1. The molecule has 1 aromatic carbocycles. The molecule has 1 amide bonds. The first kappa shape index (κ1) is 35.1. The molecule has 0 radical (unpaired) electrons. The van der Waals surface area contributed by atoms with E-state index in [1.807, 2.05) is 18.2 Å². The predicted molar refractivity (Wildman–Crippen MR) is 145 cm³/mol. The minimum absolute atomic E-state index is 0. The molecule has 0 saturated carbocycles. The average Bonchev–Trinajstić information content (AvgIpc) is 2.75. The van der Waals surface area contributed by atoms with Crippen molar-refractivity contribution in [2.24, 2.45) is 23.5 Å². The number of amides is 1. The van der Waals surface area contributed by atoms with Crippen molar-refractivity contribution in [3.05, 3.63) is 29.8 Å². The van der Waals surface area contributed by atoms with E-state index < -0.39 is 6.10 Å². The zero-order chi connectivity index (χ0) is 23.9. The standard InChI is InChI=1S/C25H45N3O4.2ClH/c1-18(2)15-27-17-23(29)22(26)14-20(19(3)4)16-28-25(30)21-10-6-7-11-24(21)32-13-9-8-12-31-5;;/h6-7,10-11,18-20,22-23,27,29H,8-9,12-17,26H2,1-5H3,(H,28,30);2*1H/t20-,22+,23+;;/m1../s1. The lowest BCUT2D eigenvalue weighted by molar-refractivity contribution is 0.0927. The van der Waals surface area contributed by atoms with E-state index in [0.29, 0.717) is 55.9 Å². The molecule has 0 unspecified atom stereocenters. The number of benzene rings is 1. The molecule has 0 aromatic heterocycles. The number of halogens is 2. The van der Waals surface area contributed by atoms with Crippen molar-refractivity contribution in [2.75, 3.05) is 40.0 Å². The summed E-state index contributed by atoms with van der Waals surface area (Å²) in [5.74, 6) is 1.44. The predicted octanol–water partition coefficient (Wildman–Crippen LogP) is 3.66. The number of nitrogens with two attached hydrogens (primary N) is 1. The average molecular weight is 525 g/mol. The van der Waals surface area contributed by atoms with Crippen molar-refractivity contribution < 1.29 is 19.4 Å². The maximum atomic E-state index is 12.9. The molecule has 1 aromatic rings. The molecule has 0 aliphatic heterocycles. The van der Waals surface area contributed by atoms with E-state index in [1.165, 1.54) is 0 Å². The second kappa shape index (κ2) is 20.1. The molecule has 0 fully saturated rings. The van der Waals surface area contributed by atoms with Crippen LogP contribution in [0.2, 0.25) is 0 Å². The van der Waals surface area contributed by atoms with Crippen LogP contribution in [0.1, 0.15) is 57.3 Å². The Morgan fingerprint density at radius 3 is 2.29 bits per heavy atom. The molecule has 3 atom stereocenters. The topological polar surface area (TPSA) is 106 Å². The quantitative estimate of drug-likeness (QED) is 0.232. The molecule has 0 aliphatic rings. The number of unbranched alkanes of at least 4 members (excludes halogenated alkanes) is 1. The van der Waals surface area contributed by atoms with Crippen LogP contribution in [0.5, 0.6) is 5.75 Å². The van der Waals surface area contributed by atoms with Crippen LogP contribution >= 0.6 is 24.8 Å². The SMILES string of the molecule is COCCCCOc1ccccc1C(=O)NC[C@@H](C[C@H](N)[C@@H](O)CNCC(C)C)C(C)C.Cl.Cl. The second-order valence-electron chi connectivity index (χ2n) is 9.28. The van der Waals surface area contributed by atoms with Gasteiger partial charge in [-0.15, -0.1) is 24.8 Å². The summed E-state index contributed by atoms with van der Waals surface area (Å²) >= 11 is 0. The molecule has 7 nitrogen and oxygen atoms in total. The van der Waals surface area contributed by atoms with Gasteiger partial charge in [0.25, 0.3) is 5.91 Å². The highest BCUT2D eigenvalue weighted by Crippen LogP contribution is 2.20. The fourth-order valence-corrected chi connectivity index (χ4v) is 3.40. The van der Waals surface area contributed by atoms with E-state index >= 15 is 0 Å². The first-order valence-electron chi connectivity index (χ1n) is 11.9. The van der Waals surface area contributed by atoms with Gasteiger partial charge in [-0.05, 0) is 55.7 Å². The molecule has 1 rings (SSSR count). The summed E-state index contributed by atoms with van der Waals surface area (Å²) in [5.41, 5.74) is 6.80. The van der Waals surface area contributed by atoms with E-state index in [9.17, 15) is 9.90 Å². The van der Waals surface area contributed by atoms with Crippen LogP contribution < -0.4 is 21.1 Å². The van der Waals surface area contributed by atoms with Gasteiger partial charge in [0, 0.05) is 32.8 Å². The molecule has 0 bridgehead atoms. The fourth-order valence-electron chi connectivity index (χ4n) is 3.40. The van der Waals surface area contributed by atoms with Gasteiger partial charge in [0.2, 0.25) is 0 Å². The number of aliphatic hydroxyl groups excluding tert-OH is 1. The van der Waals surface area contributed by atoms with Crippen molar-refractivity contribution in [2.45, 2.75) is 59.1 Å². The minimum atomic E-state index is -0.613. The lowest BCUT2D eigenvalue weighted by Gasteiger charge is -2.27. The number of rotatable bonds is 17. The highest BCUT2D eigenvalue weighted by molar-refractivity contribution is 5.96. The summed E-state index contributed by atoms with van der Waals surface area (Å²) in [6.07, 6.45) is 1.81. The number of nitrogens with one attached hydrogen (secondary N) is 2. The Morgan fingerprint density at radius 1 is 1.03 bits per heavy atom. The van der Waals surface area contributed by atoms with Crippen molar-refractivity contribution >= 4 is 30.7 Å². The van der Waals surface area contributed by atoms with Crippen molar-refractivity contribution in [3.8, 4) is 5.75 Å². The molecule has 34 heavy (non-hydrogen) atoms. The molecule has 5 N–H and O–H groups in total. The minimum Gasteiger partial charge on any atom is -0.493 e. The van der Waals surface area contributed by atoms with E-state index in [-0.39, 0.29) is 42.7 Å². The third-order valence-electron chi connectivity index (χ3n) is 5.57. The number of hydrogen-bond acceptors (Lipinski definition) is 6. The smallest absolute Gasteiger partial charge is 0.255 e. The van der Waals surface area contributed by atoms with Gasteiger partial charge in [-0.1, -0.05) is 39.8 Å². The Morgan fingerprint density at radius 2 is 1.68 bits per heavy atom.